The highest BCUT2D eigenvalue weighted by Crippen LogP contribution is 2.59. The average molecular weight is 416 g/mol. The molecule has 5 nitrogen and oxygen atoms in total. The van der Waals surface area contributed by atoms with Gasteiger partial charge in [-0.25, -0.2) is 8.42 Å². The summed E-state index contributed by atoms with van der Waals surface area (Å²) in [5, 5.41) is 9.27. The summed E-state index contributed by atoms with van der Waals surface area (Å²) in [6.45, 7) is 3.87. The summed E-state index contributed by atoms with van der Waals surface area (Å²) in [4.78, 5) is 0. The molecule has 0 saturated heterocycles. The van der Waals surface area contributed by atoms with Gasteiger partial charge >= 0.3 is 0 Å². The summed E-state index contributed by atoms with van der Waals surface area (Å²) < 4.78 is 25.9. The fourth-order valence-electron chi connectivity index (χ4n) is 5.63. The Morgan fingerprint density at radius 1 is 1.03 bits per heavy atom. The Bertz CT molecular complexity index is 969. The van der Waals surface area contributed by atoms with Crippen molar-refractivity contribution in [3.8, 4) is 11.4 Å². The van der Waals surface area contributed by atoms with E-state index in [4.69, 9.17) is 0 Å². The number of hydrogen-bond donors (Lipinski definition) is 0. The van der Waals surface area contributed by atoms with E-state index >= 15 is 0 Å². The van der Waals surface area contributed by atoms with E-state index < -0.39 is 9.84 Å². The Hall–Kier alpha value is -1.69. The molecule has 0 atom stereocenters. The number of benzene rings is 1. The van der Waals surface area contributed by atoms with E-state index in [0.29, 0.717) is 11.2 Å². The highest BCUT2D eigenvalue weighted by molar-refractivity contribution is 7.91. The predicted molar refractivity (Wildman–Crippen MR) is 117 cm³/mol. The van der Waals surface area contributed by atoms with Crippen LogP contribution in [0.4, 0.5) is 0 Å². The van der Waals surface area contributed by atoms with E-state index in [2.05, 4.69) is 53.0 Å². The lowest BCUT2D eigenvalue weighted by molar-refractivity contribution is 0.0265. The SMILES string of the molecule is CCS(=O)(=O)CCCC12CCC(c3nnc(-c4ccccc4C)n3C)(CC1)CC2. The fraction of sp³-hybridized carbons (Fsp3) is 0.652. The maximum absolute atomic E-state index is 11.8. The van der Waals surface area contributed by atoms with Gasteiger partial charge in [0.05, 0.1) is 5.75 Å². The van der Waals surface area contributed by atoms with Gasteiger partial charge < -0.3 is 4.57 Å². The van der Waals surface area contributed by atoms with Crippen molar-refractivity contribution < 1.29 is 8.42 Å². The smallest absolute Gasteiger partial charge is 0.163 e. The minimum absolute atomic E-state index is 0.139. The minimum Gasteiger partial charge on any atom is -0.314 e. The highest BCUT2D eigenvalue weighted by Gasteiger charge is 2.51. The topological polar surface area (TPSA) is 64.8 Å². The number of aromatic nitrogens is 3. The Morgan fingerprint density at radius 3 is 2.31 bits per heavy atom. The van der Waals surface area contributed by atoms with Crippen LogP contribution in [0.3, 0.4) is 0 Å². The molecule has 1 heterocycles. The van der Waals surface area contributed by atoms with Crippen LogP contribution in [-0.2, 0) is 22.3 Å². The molecule has 3 aliphatic carbocycles. The molecule has 0 unspecified atom stereocenters. The normalized spacial score (nSPS) is 26.7. The lowest BCUT2D eigenvalue weighted by Gasteiger charge is -2.53. The molecule has 0 aliphatic heterocycles. The second kappa shape index (κ2) is 7.53. The Balaban J connectivity index is 1.49. The van der Waals surface area contributed by atoms with Crippen molar-refractivity contribution in [1.29, 1.82) is 0 Å². The van der Waals surface area contributed by atoms with Gasteiger partial charge in [-0.15, -0.1) is 10.2 Å². The molecule has 1 aromatic heterocycles. The largest absolute Gasteiger partial charge is 0.314 e. The second-order valence-electron chi connectivity index (χ2n) is 9.34. The van der Waals surface area contributed by atoms with Crippen molar-refractivity contribution in [2.45, 2.75) is 70.6 Å². The lowest BCUT2D eigenvalue weighted by atomic mass is 9.52. The van der Waals surface area contributed by atoms with Crippen LogP contribution < -0.4 is 0 Å². The zero-order valence-electron chi connectivity index (χ0n) is 17.9. The van der Waals surface area contributed by atoms with Crippen molar-refractivity contribution in [3.63, 3.8) is 0 Å². The van der Waals surface area contributed by atoms with Gasteiger partial charge in [0, 0.05) is 23.8 Å². The maximum atomic E-state index is 11.8. The number of aryl methyl sites for hydroxylation is 1. The van der Waals surface area contributed by atoms with E-state index in [9.17, 15) is 8.42 Å². The molecule has 2 aromatic rings. The van der Waals surface area contributed by atoms with Crippen molar-refractivity contribution in [2.75, 3.05) is 11.5 Å². The van der Waals surface area contributed by atoms with Crippen LogP contribution in [0.5, 0.6) is 0 Å². The summed E-state index contributed by atoms with van der Waals surface area (Å²) in [7, 11) is -0.743. The Kier molecular flexibility index (Phi) is 5.34. The predicted octanol–water partition coefficient (Wildman–Crippen LogP) is 4.60. The second-order valence-corrected chi connectivity index (χ2v) is 11.8. The lowest BCUT2D eigenvalue weighted by Crippen LogP contribution is -2.45. The van der Waals surface area contributed by atoms with Crippen molar-refractivity contribution in [1.82, 2.24) is 14.8 Å². The number of fused-ring (bicyclic) bond motifs is 3. The van der Waals surface area contributed by atoms with Gasteiger partial charge in [-0.1, -0.05) is 31.2 Å². The molecule has 1 aromatic carbocycles. The molecule has 158 valence electrons. The van der Waals surface area contributed by atoms with Crippen LogP contribution in [0.25, 0.3) is 11.4 Å². The molecule has 3 fully saturated rings. The van der Waals surface area contributed by atoms with Gasteiger partial charge in [0.15, 0.2) is 5.82 Å². The van der Waals surface area contributed by atoms with Gasteiger partial charge in [-0.3, -0.25) is 0 Å². The third-order valence-electron chi connectivity index (χ3n) is 7.74. The molecule has 0 spiro atoms. The first-order chi connectivity index (χ1) is 13.8. The number of nitrogens with zero attached hydrogens (tertiary/aromatic N) is 3. The first-order valence-corrected chi connectivity index (χ1v) is 12.8. The number of sulfone groups is 1. The first kappa shape index (κ1) is 20.6. The van der Waals surface area contributed by atoms with Crippen LogP contribution in [-0.4, -0.2) is 34.7 Å². The van der Waals surface area contributed by atoms with Gasteiger partial charge in [0.2, 0.25) is 0 Å². The molecular weight excluding hydrogens is 382 g/mol. The number of rotatable bonds is 7. The summed E-state index contributed by atoms with van der Waals surface area (Å²) in [5.74, 6) is 2.70. The van der Waals surface area contributed by atoms with Crippen molar-refractivity contribution >= 4 is 9.84 Å². The third-order valence-corrected chi connectivity index (χ3v) is 9.53. The van der Waals surface area contributed by atoms with Crippen LogP contribution in [0.2, 0.25) is 0 Å². The summed E-state index contributed by atoms with van der Waals surface area (Å²) in [6, 6.07) is 8.36. The Labute approximate surface area is 174 Å². The van der Waals surface area contributed by atoms with Gasteiger partial charge in [0.25, 0.3) is 0 Å². The van der Waals surface area contributed by atoms with E-state index in [1.54, 1.807) is 6.92 Å². The summed E-state index contributed by atoms with van der Waals surface area (Å²) >= 11 is 0. The molecule has 29 heavy (non-hydrogen) atoms. The van der Waals surface area contributed by atoms with E-state index in [1.165, 1.54) is 24.8 Å². The van der Waals surface area contributed by atoms with Gasteiger partial charge in [-0.05, 0) is 69.3 Å². The zero-order chi connectivity index (χ0) is 20.7. The molecule has 3 saturated carbocycles. The maximum Gasteiger partial charge on any atom is 0.163 e. The molecule has 5 rings (SSSR count). The molecule has 6 heteroatoms. The third kappa shape index (κ3) is 3.76. The zero-order valence-corrected chi connectivity index (χ0v) is 18.8. The Morgan fingerprint density at radius 2 is 1.69 bits per heavy atom. The molecule has 0 N–H and O–H groups in total. The highest BCUT2D eigenvalue weighted by atomic mass is 32.2. The van der Waals surface area contributed by atoms with E-state index in [-0.39, 0.29) is 11.2 Å². The first-order valence-electron chi connectivity index (χ1n) is 11.0. The number of hydrogen-bond acceptors (Lipinski definition) is 4. The quantitative estimate of drug-likeness (QED) is 0.663. The molecular formula is C23H33N3O2S. The molecule has 2 bridgehead atoms. The van der Waals surface area contributed by atoms with E-state index in [0.717, 1.165) is 49.3 Å². The van der Waals surface area contributed by atoms with Crippen LogP contribution in [0.15, 0.2) is 24.3 Å². The van der Waals surface area contributed by atoms with E-state index in [1.807, 2.05) is 0 Å². The monoisotopic (exact) mass is 415 g/mol. The minimum atomic E-state index is -2.85. The molecule has 0 radical (unpaired) electrons. The van der Waals surface area contributed by atoms with Gasteiger partial charge in [-0.2, -0.15) is 0 Å². The van der Waals surface area contributed by atoms with Crippen LogP contribution in [0, 0.1) is 12.3 Å². The average Bonchev–Trinajstić information content (AvgIpc) is 3.11. The molecule has 3 aliphatic rings. The molecule has 0 amide bonds. The fourth-order valence-corrected chi connectivity index (χ4v) is 6.51. The summed E-state index contributed by atoms with van der Waals surface area (Å²) in [6.07, 6.45) is 8.86. The van der Waals surface area contributed by atoms with Crippen molar-refractivity contribution in [3.05, 3.63) is 35.7 Å². The summed E-state index contributed by atoms with van der Waals surface area (Å²) in [5.41, 5.74) is 2.87. The van der Waals surface area contributed by atoms with Gasteiger partial charge in [0.1, 0.15) is 15.7 Å². The van der Waals surface area contributed by atoms with Crippen LogP contribution in [0.1, 0.15) is 69.7 Å². The van der Waals surface area contributed by atoms with Crippen LogP contribution >= 0.6 is 0 Å². The standard InChI is InChI=1S/C23H33N3O2S/c1-4-29(27,28)17-7-10-22-11-14-23(15-12-22,16-13-22)21-25-24-20(26(21)3)19-9-6-5-8-18(19)2/h5-6,8-9H,4,7,10-17H2,1-3H3. The van der Waals surface area contributed by atoms with Crippen molar-refractivity contribution in [2.24, 2.45) is 12.5 Å².